The Morgan fingerprint density at radius 1 is 1.15 bits per heavy atom. The first kappa shape index (κ1) is 19.7. The van der Waals surface area contributed by atoms with Gasteiger partial charge >= 0.3 is 0 Å². The van der Waals surface area contributed by atoms with Crippen molar-refractivity contribution in [1.29, 1.82) is 0 Å². The van der Waals surface area contributed by atoms with E-state index in [2.05, 4.69) is 35.8 Å². The Morgan fingerprint density at radius 3 is 2.77 bits per heavy atom. The molecule has 4 rings (SSSR count). The van der Waals surface area contributed by atoms with E-state index in [1.54, 1.807) is 0 Å². The van der Waals surface area contributed by atoms with E-state index in [1.165, 1.54) is 24.8 Å². The molecule has 1 aromatic rings. The molecular formula is C20H31ClN2O3. The van der Waals surface area contributed by atoms with Crippen LogP contribution in [0.1, 0.15) is 44.2 Å². The van der Waals surface area contributed by atoms with Crippen LogP contribution in [0.15, 0.2) is 18.2 Å². The van der Waals surface area contributed by atoms with E-state index < -0.39 is 0 Å². The third-order valence-electron chi connectivity index (χ3n) is 5.83. The Bertz CT molecular complexity index is 580. The molecule has 4 unspecified atom stereocenters. The van der Waals surface area contributed by atoms with Crippen LogP contribution in [0.25, 0.3) is 0 Å². The summed E-state index contributed by atoms with van der Waals surface area (Å²) in [7, 11) is 0. The topological polar surface area (TPSA) is 51.8 Å². The van der Waals surface area contributed by atoms with Crippen molar-refractivity contribution in [1.82, 2.24) is 10.6 Å². The second-order valence-electron chi connectivity index (χ2n) is 7.37. The molecule has 0 radical (unpaired) electrons. The van der Waals surface area contributed by atoms with E-state index in [0.29, 0.717) is 37.3 Å². The molecule has 146 valence electrons. The quantitative estimate of drug-likeness (QED) is 0.819. The van der Waals surface area contributed by atoms with Crippen LogP contribution in [0.3, 0.4) is 0 Å². The molecule has 2 heterocycles. The molecule has 0 spiro atoms. The number of rotatable bonds is 5. The Hall–Kier alpha value is -1.01. The fourth-order valence-electron chi connectivity index (χ4n) is 4.52. The number of hydrogen-bond acceptors (Lipinski definition) is 5. The second-order valence-corrected chi connectivity index (χ2v) is 7.37. The number of fused-ring (bicyclic) bond motifs is 1. The normalized spacial score (nSPS) is 29.0. The number of hydrogen-bond donors (Lipinski definition) is 2. The summed E-state index contributed by atoms with van der Waals surface area (Å²) in [6.07, 6.45) is 4.91. The summed E-state index contributed by atoms with van der Waals surface area (Å²) in [6.45, 7) is 6.20. The van der Waals surface area contributed by atoms with Crippen LogP contribution in [0, 0.1) is 5.92 Å². The zero-order valence-corrected chi connectivity index (χ0v) is 16.4. The molecule has 0 amide bonds. The van der Waals surface area contributed by atoms with Crippen LogP contribution in [0.5, 0.6) is 11.5 Å². The maximum absolute atomic E-state index is 5.77. The van der Waals surface area contributed by atoms with Gasteiger partial charge in [0.05, 0.1) is 13.2 Å². The average molecular weight is 383 g/mol. The zero-order chi connectivity index (χ0) is 17.1. The van der Waals surface area contributed by atoms with Crippen molar-refractivity contribution in [2.24, 2.45) is 5.92 Å². The van der Waals surface area contributed by atoms with Crippen molar-refractivity contribution in [2.75, 3.05) is 33.0 Å². The SMILES string of the molecule is CCC(NC1CCCC1C1COCCN1)c1ccc2c(c1)OCCO2.Cl. The fourth-order valence-corrected chi connectivity index (χ4v) is 4.52. The lowest BCUT2D eigenvalue weighted by Crippen LogP contribution is -2.51. The minimum atomic E-state index is 0. The van der Waals surface area contributed by atoms with Gasteiger partial charge in [-0.1, -0.05) is 19.4 Å². The number of ether oxygens (including phenoxy) is 3. The van der Waals surface area contributed by atoms with Gasteiger partial charge in [-0.15, -0.1) is 12.4 Å². The summed E-state index contributed by atoms with van der Waals surface area (Å²) in [6, 6.07) is 7.79. The molecule has 0 aromatic heterocycles. The molecule has 4 atom stereocenters. The van der Waals surface area contributed by atoms with Gasteiger partial charge in [-0.25, -0.2) is 0 Å². The number of halogens is 1. The number of nitrogens with one attached hydrogen (secondary N) is 2. The molecule has 6 heteroatoms. The minimum absolute atomic E-state index is 0. The van der Waals surface area contributed by atoms with Gasteiger partial charge in [0.1, 0.15) is 13.2 Å². The Balaban J connectivity index is 0.00000196. The Morgan fingerprint density at radius 2 is 2.00 bits per heavy atom. The van der Waals surface area contributed by atoms with Gasteiger partial charge in [-0.05, 0) is 42.9 Å². The highest BCUT2D eigenvalue weighted by Gasteiger charge is 2.35. The van der Waals surface area contributed by atoms with E-state index in [1.807, 2.05) is 0 Å². The first-order chi connectivity index (χ1) is 12.3. The highest BCUT2D eigenvalue weighted by molar-refractivity contribution is 5.85. The largest absolute Gasteiger partial charge is 0.486 e. The van der Waals surface area contributed by atoms with Crippen molar-refractivity contribution >= 4 is 12.4 Å². The highest BCUT2D eigenvalue weighted by atomic mass is 35.5. The van der Waals surface area contributed by atoms with Crippen LogP contribution < -0.4 is 20.1 Å². The van der Waals surface area contributed by atoms with Gasteiger partial charge in [-0.2, -0.15) is 0 Å². The average Bonchev–Trinajstić information content (AvgIpc) is 3.14. The molecule has 26 heavy (non-hydrogen) atoms. The van der Waals surface area contributed by atoms with Crippen LogP contribution in [-0.4, -0.2) is 45.1 Å². The van der Waals surface area contributed by atoms with Gasteiger partial charge < -0.3 is 24.8 Å². The first-order valence-electron chi connectivity index (χ1n) is 9.82. The second kappa shape index (κ2) is 9.27. The zero-order valence-electron chi connectivity index (χ0n) is 15.5. The van der Waals surface area contributed by atoms with Crippen molar-refractivity contribution in [3.8, 4) is 11.5 Å². The van der Waals surface area contributed by atoms with E-state index in [9.17, 15) is 0 Å². The number of benzene rings is 1. The molecule has 2 aliphatic heterocycles. The molecule has 2 N–H and O–H groups in total. The predicted octanol–water partition coefficient (Wildman–Crippen LogP) is 3.08. The Kier molecular flexibility index (Phi) is 7.04. The third kappa shape index (κ3) is 4.28. The van der Waals surface area contributed by atoms with E-state index in [-0.39, 0.29) is 12.4 Å². The van der Waals surface area contributed by atoms with E-state index in [4.69, 9.17) is 14.2 Å². The molecule has 1 aliphatic carbocycles. The van der Waals surface area contributed by atoms with Gasteiger partial charge in [0.15, 0.2) is 11.5 Å². The molecular weight excluding hydrogens is 352 g/mol. The summed E-state index contributed by atoms with van der Waals surface area (Å²) >= 11 is 0. The summed E-state index contributed by atoms with van der Waals surface area (Å²) in [4.78, 5) is 0. The molecule has 1 aromatic carbocycles. The summed E-state index contributed by atoms with van der Waals surface area (Å²) in [5, 5.41) is 7.61. The van der Waals surface area contributed by atoms with Crippen LogP contribution in [0.4, 0.5) is 0 Å². The van der Waals surface area contributed by atoms with Gasteiger partial charge in [0.2, 0.25) is 0 Å². The molecule has 0 bridgehead atoms. The van der Waals surface area contributed by atoms with Crippen molar-refractivity contribution in [2.45, 2.75) is 50.7 Å². The van der Waals surface area contributed by atoms with Crippen molar-refractivity contribution in [3.63, 3.8) is 0 Å². The van der Waals surface area contributed by atoms with Gasteiger partial charge in [-0.3, -0.25) is 0 Å². The molecule has 2 fully saturated rings. The van der Waals surface area contributed by atoms with Crippen LogP contribution in [-0.2, 0) is 4.74 Å². The van der Waals surface area contributed by atoms with Gasteiger partial charge in [0, 0.05) is 24.7 Å². The smallest absolute Gasteiger partial charge is 0.161 e. The molecule has 1 saturated carbocycles. The maximum Gasteiger partial charge on any atom is 0.161 e. The number of morpholine rings is 1. The standard InChI is InChI=1S/C20H30N2O3.ClH/c1-2-16(14-6-7-19-20(12-14)25-11-10-24-19)22-17-5-3-4-15(17)18-13-23-9-8-21-18;/h6-7,12,15-18,21-22H,2-5,8-11,13H2,1H3;1H. The molecule has 1 saturated heterocycles. The summed E-state index contributed by atoms with van der Waals surface area (Å²) in [5.74, 6) is 2.41. The lowest BCUT2D eigenvalue weighted by molar-refractivity contribution is 0.0516. The van der Waals surface area contributed by atoms with Crippen LogP contribution in [0.2, 0.25) is 0 Å². The maximum atomic E-state index is 5.77. The highest BCUT2D eigenvalue weighted by Crippen LogP contribution is 2.35. The van der Waals surface area contributed by atoms with E-state index >= 15 is 0 Å². The minimum Gasteiger partial charge on any atom is -0.486 e. The van der Waals surface area contributed by atoms with Gasteiger partial charge in [0.25, 0.3) is 0 Å². The molecule has 3 aliphatic rings. The fraction of sp³-hybridized carbons (Fsp3) is 0.700. The predicted molar refractivity (Wildman–Crippen MR) is 105 cm³/mol. The van der Waals surface area contributed by atoms with Crippen molar-refractivity contribution < 1.29 is 14.2 Å². The lowest BCUT2D eigenvalue weighted by Gasteiger charge is -2.35. The first-order valence-corrected chi connectivity index (χ1v) is 9.82. The third-order valence-corrected chi connectivity index (χ3v) is 5.83. The van der Waals surface area contributed by atoms with E-state index in [0.717, 1.165) is 37.7 Å². The van der Waals surface area contributed by atoms with Crippen molar-refractivity contribution in [3.05, 3.63) is 23.8 Å². The van der Waals surface area contributed by atoms with Crippen LogP contribution >= 0.6 is 12.4 Å². The molecule has 5 nitrogen and oxygen atoms in total. The summed E-state index contributed by atoms with van der Waals surface area (Å²) in [5.41, 5.74) is 1.30. The monoisotopic (exact) mass is 382 g/mol. The lowest BCUT2D eigenvalue weighted by atomic mass is 9.92. The summed E-state index contributed by atoms with van der Waals surface area (Å²) < 4.78 is 17.1. The Labute approximate surface area is 162 Å².